The fraction of sp³-hybridized carbons (Fsp3) is 0.143. The first-order chi connectivity index (χ1) is 14.7. The van der Waals surface area contributed by atoms with Gasteiger partial charge >= 0.3 is 12.1 Å². The molecule has 0 radical (unpaired) electrons. The van der Waals surface area contributed by atoms with E-state index in [0.717, 1.165) is 16.5 Å². The molecule has 0 bridgehead atoms. The van der Waals surface area contributed by atoms with Gasteiger partial charge in [-0.3, -0.25) is 0 Å². The number of hydrogen-bond acceptors (Lipinski definition) is 4. The molecule has 3 rings (SSSR count). The molecule has 2 aromatic carbocycles. The number of nitrogens with one attached hydrogen (secondary N) is 2. The number of halogens is 4. The lowest BCUT2D eigenvalue weighted by Gasteiger charge is -2.16. The second kappa shape index (κ2) is 9.67. The van der Waals surface area contributed by atoms with E-state index in [1.165, 1.54) is 30.6 Å². The highest BCUT2D eigenvalue weighted by molar-refractivity contribution is 7.80. The number of alkyl halides is 3. The SMILES string of the molecule is COC(=O)c1cc(Cc2ccccc2)sc1NC(=S)Nc1ccc(Cl)cc1C(F)(F)F. The van der Waals surface area contributed by atoms with Crippen LogP contribution < -0.4 is 10.6 Å². The van der Waals surface area contributed by atoms with Gasteiger partial charge in [0.25, 0.3) is 0 Å². The molecule has 0 unspecified atom stereocenters. The van der Waals surface area contributed by atoms with Crippen molar-refractivity contribution in [3.05, 3.63) is 81.2 Å². The Labute approximate surface area is 191 Å². The van der Waals surface area contributed by atoms with Gasteiger partial charge in [-0.2, -0.15) is 13.2 Å². The number of benzene rings is 2. The fourth-order valence-corrected chi connectivity index (χ4v) is 4.33. The second-order valence-electron chi connectivity index (χ2n) is 6.38. The van der Waals surface area contributed by atoms with E-state index in [-0.39, 0.29) is 21.4 Å². The van der Waals surface area contributed by atoms with E-state index in [2.05, 4.69) is 10.6 Å². The van der Waals surface area contributed by atoms with Crippen molar-refractivity contribution >= 4 is 56.9 Å². The number of esters is 1. The van der Waals surface area contributed by atoms with Crippen LogP contribution in [0, 0.1) is 0 Å². The smallest absolute Gasteiger partial charge is 0.418 e. The zero-order chi connectivity index (χ0) is 22.6. The van der Waals surface area contributed by atoms with Crippen molar-refractivity contribution in [1.82, 2.24) is 0 Å². The molecule has 0 aliphatic carbocycles. The number of anilines is 2. The molecule has 0 aliphatic rings. The number of carbonyl (C=O) groups is 1. The molecule has 0 atom stereocenters. The van der Waals surface area contributed by atoms with Gasteiger partial charge in [-0.05, 0) is 42.0 Å². The van der Waals surface area contributed by atoms with E-state index in [4.69, 9.17) is 28.6 Å². The van der Waals surface area contributed by atoms with Crippen molar-refractivity contribution in [3.8, 4) is 0 Å². The summed E-state index contributed by atoms with van der Waals surface area (Å²) in [6.45, 7) is 0. The molecule has 3 aromatic rings. The van der Waals surface area contributed by atoms with Crippen LogP contribution >= 0.6 is 35.2 Å². The third kappa shape index (κ3) is 5.96. The quantitative estimate of drug-likeness (QED) is 0.315. The van der Waals surface area contributed by atoms with Gasteiger partial charge in [-0.1, -0.05) is 41.9 Å². The summed E-state index contributed by atoms with van der Waals surface area (Å²) in [5.74, 6) is -0.580. The summed E-state index contributed by atoms with van der Waals surface area (Å²) in [5.41, 5.74) is 0.0847. The zero-order valence-corrected chi connectivity index (χ0v) is 18.4. The number of hydrogen-bond donors (Lipinski definition) is 2. The second-order valence-corrected chi connectivity index (χ2v) is 8.36. The Morgan fingerprint density at radius 1 is 1.13 bits per heavy atom. The lowest BCUT2D eigenvalue weighted by atomic mass is 10.1. The van der Waals surface area contributed by atoms with Gasteiger partial charge < -0.3 is 15.4 Å². The Bertz CT molecular complexity index is 1100. The van der Waals surface area contributed by atoms with E-state index < -0.39 is 17.7 Å². The standard InChI is InChI=1S/C21H16ClF3N2O2S2/c1-29-19(28)15-11-14(9-12-5-3-2-4-6-12)31-18(15)27-20(30)26-17-8-7-13(22)10-16(17)21(23,24)25/h2-8,10-11H,9H2,1H3,(H2,26,27,30). The summed E-state index contributed by atoms with van der Waals surface area (Å²) < 4.78 is 44.7. The number of ether oxygens (including phenoxy) is 1. The normalized spacial score (nSPS) is 11.1. The van der Waals surface area contributed by atoms with Gasteiger partial charge in [0.2, 0.25) is 0 Å². The molecule has 0 saturated heterocycles. The van der Waals surface area contributed by atoms with Crippen LogP contribution in [0.3, 0.4) is 0 Å². The Morgan fingerprint density at radius 2 is 1.84 bits per heavy atom. The summed E-state index contributed by atoms with van der Waals surface area (Å²) in [4.78, 5) is 13.0. The molecule has 0 amide bonds. The monoisotopic (exact) mass is 484 g/mol. The fourth-order valence-electron chi connectivity index (χ4n) is 2.80. The predicted molar refractivity (Wildman–Crippen MR) is 121 cm³/mol. The Hall–Kier alpha value is -2.62. The van der Waals surface area contributed by atoms with Gasteiger partial charge in [0.05, 0.1) is 23.9 Å². The molecule has 1 heterocycles. The lowest BCUT2D eigenvalue weighted by molar-refractivity contribution is -0.136. The first-order valence-electron chi connectivity index (χ1n) is 8.87. The van der Waals surface area contributed by atoms with Crippen LogP contribution in [-0.4, -0.2) is 18.2 Å². The predicted octanol–water partition coefficient (Wildman–Crippen LogP) is 6.61. The first kappa shape index (κ1) is 23.1. The Balaban J connectivity index is 1.83. The van der Waals surface area contributed by atoms with E-state index in [1.807, 2.05) is 30.3 Å². The molecule has 0 aliphatic heterocycles. The van der Waals surface area contributed by atoms with Crippen LogP contribution in [0.15, 0.2) is 54.6 Å². The summed E-state index contributed by atoms with van der Waals surface area (Å²) in [6.07, 6.45) is -4.04. The molecular formula is C21H16ClF3N2O2S2. The number of thiophene rings is 1. The maximum Gasteiger partial charge on any atom is 0.418 e. The maximum atomic E-state index is 13.3. The van der Waals surface area contributed by atoms with Gasteiger partial charge in [-0.15, -0.1) is 11.3 Å². The van der Waals surface area contributed by atoms with Gasteiger partial charge in [0.15, 0.2) is 5.11 Å². The third-order valence-corrected chi connectivity index (χ3v) is 5.66. The van der Waals surface area contributed by atoms with E-state index >= 15 is 0 Å². The summed E-state index contributed by atoms with van der Waals surface area (Å²) >= 11 is 12.2. The molecule has 4 nitrogen and oxygen atoms in total. The van der Waals surface area contributed by atoms with Crippen LogP contribution in [0.25, 0.3) is 0 Å². The molecule has 10 heteroatoms. The average Bonchev–Trinajstić information content (AvgIpc) is 3.10. The van der Waals surface area contributed by atoms with Crippen molar-refractivity contribution in [2.75, 3.05) is 17.7 Å². The number of rotatable bonds is 5. The first-order valence-corrected chi connectivity index (χ1v) is 10.5. The molecule has 31 heavy (non-hydrogen) atoms. The lowest BCUT2D eigenvalue weighted by Crippen LogP contribution is -2.22. The minimum Gasteiger partial charge on any atom is -0.465 e. The Kier molecular flexibility index (Phi) is 7.19. The topological polar surface area (TPSA) is 50.4 Å². The van der Waals surface area contributed by atoms with Gasteiger partial charge in [0.1, 0.15) is 5.00 Å². The van der Waals surface area contributed by atoms with E-state index in [1.54, 1.807) is 6.07 Å². The minimum absolute atomic E-state index is 0.0476. The van der Waals surface area contributed by atoms with Crippen LogP contribution in [0.5, 0.6) is 0 Å². The number of methoxy groups -OCH3 is 1. The van der Waals surface area contributed by atoms with Crippen molar-refractivity contribution in [2.24, 2.45) is 0 Å². The van der Waals surface area contributed by atoms with Crippen LogP contribution in [0.4, 0.5) is 23.9 Å². The van der Waals surface area contributed by atoms with Crippen molar-refractivity contribution in [2.45, 2.75) is 12.6 Å². The highest BCUT2D eigenvalue weighted by Crippen LogP contribution is 2.37. The van der Waals surface area contributed by atoms with Crippen molar-refractivity contribution in [1.29, 1.82) is 0 Å². The molecule has 0 fully saturated rings. The van der Waals surface area contributed by atoms with Crippen molar-refractivity contribution in [3.63, 3.8) is 0 Å². The maximum absolute atomic E-state index is 13.3. The number of carbonyl (C=O) groups excluding carboxylic acids is 1. The number of thiocarbonyl (C=S) groups is 1. The Morgan fingerprint density at radius 3 is 2.48 bits per heavy atom. The zero-order valence-electron chi connectivity index (χ0n) is 16.0. The molecule has 2 N–H and O–H groups in total. The van der Waals surface area contributed by atoms with Gasteiger partial charge in [0, 0.05) is 16.3 Å². The largest absolute Gasteiger partial charge is 0.465 e. The summed E-state index contributed by atoms with van der Waals surface area (Å²) in [6, 6.07) is 14.6. The molecular weight excluding hydrogens is 469 g/mol. The van der Waals surface area contributed by atoms with E-state index in [0.29, 0.717) is 11.4 Å². The molecule has 1 aromatic heterocycles. The average molecular weight is 485 g/mol. The van der Waals surface area contributed by atoms with Crippen LogP contribution in [0.2, 0.25) is 5.02 Å². The van der Waals surface area contributed by atoms with E-state index in [9.17, 15) is 18.0 Å². The molecule has 162 valence electrons. The molecule has 0 spiro atoms. The molecule has 0 saturated carbocycles. The summed E-state index contributed by atoms with van der Waals surface area (Å²) in [5, 5.41) is 5.56. The highest BCUT2D eigenvalue weighted by atomic mass is 35.5. The summed E-state index contributed by atoms with van der Waals surface area (Å²) in [7, 11) is 1.25. The van der Waals surface area contributed by atoms with Crippen LogP contribution in [-0.2, 0) is 17.3 Å². The minimum atomic E-state index is -4.62. The highest BCUT2D eigenvalue weighted by Gasteiger charge is 2.34. The van der Waals surface area contributed by atoms with Crippen molar-refractivity contribution < 1.29 is 22.7 Å². The van der Waals surface area contributed by atoms with Gasteiger partial charge in [-0.25, -0.2) is 4.79 Å². The third-order valence-electron chi connectivity index (χ3n) is 4.17. The van der Waals surface area contributed by atoms with Crippen LogP contribution in [0.1, 0.15) is 26.4 Å².